The number of nitrogens with zero attached hydrogens (tertiary/aromatic N) is 4. The maximum atomic E-state index is 5.83. The Bertz CT molecular complexity index is 778. The number of aromatic nitrogens is 3. The van der Waals surface area contributed by atoms with Gasteiger partial charge in [0.15, 0.2) is 11.6 Å². The van der Waals surface area contributed by atoms with Crippen LogP contribution in [0, 0.1) is 0 Å². The van der Waals surface area contributed by atoms with E-state index in [4.69, 9.17) is 4.84 Å². The summed E-state index contributed by atoms with van der Waals surface area (Å²) in [5, 5.41) is 1.68. The summed E-state index contributed by atoms with van der Waals surface area (Å²) in [4.78, 5) is 19.3. The fraction of sp³-hybridized carbons (Fsp3) is 0.211. The quantitative estimate of drug-likeness (QED) is 0.649. The zero-order chi connectivity index (χ0) is 16.8. The fourth-order valence-electron chi connectivity index (χ4n) is 2.25. The maximum absolute atomic E-state index is 5.83. The molecule has 0 atom stereocenters. The minimum Gasteiger partial charge on any atom is -0.268 e. The number of aryl methyl sites for hydroxylation is 1. The first-order valence-electron chi connectivity index (χ1n) is 7.96. The van der Waals surface area contributed by atoms with E-state index in [-0.39, 0.29) is 0 Å². The molecule has 0 amide bonds. The Labute approximate surface area is 141 Å². The molecular weight excluding hydrogens is 300 g/mol. The van der Waals surface area contributed by atoms with Gasteiger partial charge in [0.25, 0.3) is 0 Å². The van der Waals surface area contributed by atoms with Crippen molar-refractivity contribution in [2.45, 2.75) is 20.0 Å². The van der Waals surface area contributed by atoms with Crippen LogP contribution in [-0.2, 0) is 17.9 Å². The normalized spacial score (nSPS) is 10.6. The van der Waals surface area contributed by atoms with Gasteiger partial charge in [-0.3, -0.25) is 9.82 Å². The summed E-state index contributed by atoms with van der Waals surface area (Å²) in [7, 11) is 1.85. The number of hydrogen-bond acceptors (Lipinski definition) is 5. The smallest absolute Gasteiger partial charge is 0.180 e. The summed E-state index contributed by atoms with van der Waals surface area (Å²) in [5.74, 6) is 1.33. The second-order valence-corrected chi connectivity index (χ2v) is 5.37. The lowest BCUT2D eigenvalue weighted by molar-refractivity contribution is 0.106. The lowest BCUT2D eigenvalue weighted by Gasteiger charge is -2.19. The van der Waals surface area contributed by atoms with Gasteiger partial charge in [-0.1, -0.05) is 43.3 Å². The van der Waals surface area contributed by atoms with Gasteiger partial charge in [0, 0.05) is 25.0 Å². The highest BCUT2D eigenvalue weighted by Gasteiger charge is 2.11. The van der Waals surface area contributed by atoms with Crippen LogP contribution in [0.1, 0.15) is 18.2 Å². The number of anilines is 1. The van der Waals surface area contributed by atoms with Gasteiger partial charge in [0.2, 0.25) is 0 Å². The van der Waals surface area contributed by atoms with Crippen LogP contribution in [0.25, 0.3) is 11.5 Å². The van der Waals surface area contributed by atoms with Crippen molar-refractivity contribution >= 4 is 5.82 Å². The molecule has 5 heteroatoms. The summed E-state index contributed by atoms with van der Waals surface area (Å²) < 4.78 is 0. The largest absolute Gasteiger partial charge is 0.268 e. The van der Waals surface area contributed by atoms with E-state index in [1.807, 2.05) is 61.6 Å². The van der Waals surface area contributed by atoms with Crippen LogP contribution in [0.3, 0.4) is 0 Å². The molecular formula is C19H20N4O. The van der Waals surface area contributed by atoms with Gasteiger partial charge >= 0.3 is 0 Å². The number of hydrogen-bond donors (Lipinski definition) is 0. The molecule has 0 aliphatic carbocycles. The Morgan fingerprint density at radius 1 is 1.00 bits per heavy atom. The monoisotopic (exact) mass is 320 g/mol. The highest BCUT2D eigenvalue weighted by atomic mass is 16.7. The molecule has 0 saturated carbocycles. The maximum Gasteiger partial charge on any atom is 0.180 e. The zero-order valence-electron chi connectivity index (χ0n) is 13.9. The van der Waals surface area contributed by atoms with Crippen molar-refractivity contribution in [3.05, 3.63) is 72.1 Å². The minimum absolute atomic E-state index is 0.488. The molecule has 24 heavy (non-hydrogen) atoms. The van der Waals surface area contributed by atoms with E-state index in [2.05, 4.69) is 21.9 Å². The predicted molar refractivity (Wildman–Crippen MR) is 94.3 cm³/mol. The van der Waals surface area contributed by atoms with E-state index in [0.29, 0.717) is 12.4 Å². The van der Waals surface area contributed by atoms with Gasteiger partial charge in [-0.15, -0.1) is 0 Å². The molecule has 0 N–H and O–H groups in total. The molecule has 0 unspecified atom stereocenters. The minimum atomic E-state index is 0.488. The van der Waals surface area contributed by atoms with Gasteiger partial charge in [0.1, 0.15) is 5.69 Å². The van der Waals surface area contributed by atoms with Crippen molar-refractivity contribution in [3.63, 3.8) is 0 Å². The standard InChI is InChI=1S/C19H20N4O/c1-3-16-13-18(22-19(21-16)17-11-7-8-12-20-17)23(2)24-14-15-9-5-4-6-10-15/h4-13H,3,14H2,1-2H3. The molecule has 2 heterocycles. The van der Waals surface area contributed by atoms with E-state index in [1.54, 1.807) is 11.3 Å². The van der Waals surface area contributed by atoms with Crippen molar-refractivity contribution < 1.29 is 4.84 Å². The third-order valence-corrected chi connectivity index (χ3v) is 3.61. The summed E-state index contributed by atoms with van der Waals surface area (Å²) in [6.07, 6.45) is 2.56. The first-order valence-corrected chi connectivity index (χ1v) is 7.96. The lowest BCUT2D eigenvalue weighted by Crippen LogP contribution is -2.19. The van der Waals surface area contributed by atoms with Crippen LogP contribution in [0.15, 0.2) is 60.8 Å². The average molecular weight is 320 g/mol. The van der Waals surface area contributed by atoms with Gasteiger partial charge in [-0.2, -0.15) is 0 Å². The highest BCUT2D eigenvalue weighted by molar-refractivity contribution is 5.52. The van der Waals surface area contributed by atoms with E-state index >= 15 is 0 Å². The van der Waals surface area contributed by atoms with E-state index in [9.17, 15) is 0 Å². The van der Waals surface area contributed by atoms with E-state index in [0.717, 1.165) is 29.2 Å². The van der Waals surface area contributed by atoms with Crippen LogP contribution in [0.4, 0.5) is 5.82 Å². The number of benzene rings is 1. The molecule has 5 nitrogen and oxygen atoms in total. The Morgan fingerprint density at radius 2 is 1.79 bits per heavy atom. The van der Waals surface area contributed by atoms with Crippen LogP contribution >= 0.6 is 0 Å². The topological polar surface area (TPSA) is 51.1 Å². The molecule has 0 aliphatic heterocycles. The average Bonchev–Trinajstić information content (AvgIpc) is 2.67. The Morgan fingerprint density at radius 3 is 2.50 bits per heavy atom. The summed E-state index contributed by atoms with van der Waals surface area (Å²) in [5.41, 5.74) is 2.82. The second-order valence-electron chi connectivity index (χ2n) is 5.37. The van der Waals surface area contributed by atoms with Crippen molar-refractivity contribution in [1.82, 2.24) is 15.0 Å². The third kappa shape index (κ3) is 3.94. The predicted octanol–water partition coefficient (Wildman–Crippen LogP) is 3.67. The fourth-order valence-corrected chi connectivity index (χ4v) is 2.25. The molecule has 0 radical (unpaired) electrons. The van der Waals surface area contributed by atoms with Crippen LogP contribution in [0.5, 0.6) is 0 Å². The van der Waals surface area contributed by atoms with Gasteiger partial charge < -0.3 is 0 Å². The van der Waals surface area contributed by atoms with Crippen molar-refractivity contribution in [1.29, 1.82) is 0 Å². The van der Waals surface area contributed by atoms with E-state index in [1.165, 1.54) is 0 Å². The van der Waals surface area contributed by atoms with Crippen molar-refractivity contribution in [2.75, 3.05) is 12.1 Å². The number of rotatable bonds is 6. The molecule has 0 fully saturated rings. The molecule has 122 valence electrons. The van der Waals surface area contributed by atoms with Gasteiger partial charge in [0.05, 0.1) is 6.61 Å². The first-order chi connectivity index (χ1) is 11.8. The number of pyridine rings is 1. The van der Waals surface area contributed by atoms with Gasteiger partial charge in [-0.05, 0) is 24.1 Å². The highest BCUT2D eigenvalue weighted by Crippen LogP contribution is 2.19. The number of hydroxylamine groups is 1. The van der Waals surface area contributed by atoms with E-state index < -0.39 is 0 Å². The summed E-state index contributed by atoms with van der Waals surface area (Å²) in [6.45, 7) is 2.56. The van der Waals surface area contributed by atoms with Crippen molar-refractivity contribution in [3.8, 4) is 11.5 Å². The molecule has 1 aromatic carbocycles. The van der Waals surface area contributed by atoms with Crippen molar-refractivity contribution in [2.24, 2.45) is 0 Å². The third-order valence-electron chi connectivity index (χ3n) is 3.61. The SMILES string of the molecule is CCc1cc(N(C)OCc2ccccc2)nc(-c2ccccn2)n1. The second kappa shape index (κ2) is 7.66. The Balaban J connectivity index is 1.81. The first kappa shape index (κ1) is 16.1. The molecule has 0 aliphatic rings. The molecule has 0 saturated heterocycles. The molecule has 3 rings (SSSR count). The molecule has 0 spiro atoms. The summed E-state index contributed by atoms with van der Waals surface area (Å²) in [6, 6.07) is 17.7. The molecule has 2 aromatic heterocycles. The molecule has 0 bridgehead atoms. The van der Waals surface area contributed by atoms with Crippen LogP contribution < -0.4 is 5.06 Å². The molecule has 3 aromatic rings. The Kier molecular flexibility index (Phi) is 5.13. The van der Waals surface area contributed by atoms with Crippen LogP contribution in [0.2, 0.25) is 0 Å². The van der Waals surface area contributed by atoms with Gasteiger partial charge in [-0.25, -0.2) is 15.0 Å². The summed E-state index contributed by atoms with van der Waals surface area (Å²) >= 11 is 0. The lowest BCUT2D eigenvalue weighted by atomic mass is 10.2. The zero-order valence-corrected chi connectivity index (χ0v) is 13.9. The van der Waals surface area contributed by atoms with Crippen LogP contribution in [-0.4, -0.2) is 22.0 Å². The Hall–Kier alpha value is -2.79.